The first-order valence-corrected chi connectivity index (χ1v) is 4.88. The van der Waals surface area contributed by atoms with Crippen LogP contribution >= 0.6 is 0 Å². The average molecular weight is 273 g/mol. The van der Waals surface area contributed by atoms with Gasteiger partial charge in [-0.3, -0.25) is 4.79 Å². The molecule has 0 saturated carbocycles. The Labute approximate surface area is 103 Å². The monoisotopic (exact) mass is 273 g/mol. The number of hydrogen-bond donors (Lipinski definition) is 2. The fourth-order valence-electron chi connectivity index (χ4n) is 1.43. The van der Waals surface area contributed by atoms with Crippen molar-refractivity contribution in [1.82, 2.24) is 9.61 Å². The van der Waals surface area contributed by atoms with Crippen molar-refractivity contribution in [2.45, 2.75) is 6.18 Å². The van der Waals surface area contributed by atoms with Gasteiger partial charge in [-0.2, -0.15) is 18.3 Å². The number of carboxylic acids is 1. The third-order valence-electron chi connectivity index (χ3n) is 2.27. The molecule has 0 unspecified atom stereocenters. The number of hydrogen-bond acceptors (Lipinski definition) is 3. The molecule has 0 aliphatic rings. The van der Waals surface area contributed by atoms with Crippen LogP contribution in [0.1, 0.15) is 10.4 Å². The maximum Gasteiger partial charge on any atom is 0.471 e. The van der Waals surface area contributed by atoms with Crippen molar-refractivity contribution in [3.05, 3.63) is 30.1 Å². The fourth-order valence-corrected chi connectivity index (χ4v) is 1.43. The Morgan fingerprint density at radius 3 is 2.63 bits per heavy atom. The van der Waals surface area contributed by atoms with Gasteiger partial charge in [-0.15, -0.1) is 0 Å². The van der Waals surface area contributed by atoms with E-state index in [-0.39, 0.29) is 16.8 Å². The van der Waals surface area contributed by atoms with Crippen molar-refractivity contribution in [3.63, 3.8) is 0 Å². The molecule has 19 heavy (non-hydrogen) atoms. The molecular formula is C10H6F3N3O3. The zero-order valence-electron chi connectivity index (χ0n) is 9.10. The first-order chi connectivity index (χ1) is 8.79. The van der Waals surface area contributed by atoms with Crippen LogP contribution in [-0.4, -0.2) is 32.8 Å². The molecule has 0 saturated heterocycles. The lowest BCUT2D eigenvalue weighted by Crippen LogP contribution is -2.29. The number of alkyl halides is 3. The number of nitrogens with one attached hydrogen (secondary N) is 1. The first-order valence-electron chi connectivity index (χ1n) is 4.88. The minimum atomic E-state index is -5.01. The third-order valence-corrected chi connectivity index (χ3v) is 2.27. The van der Waals surface area contributed by atoms with Gasteiger partial charge in [0.2, 0.25) is 0 Å². The second-order valence-electron chi connectivity index (χ2n) is 3.56. The number of anilines is 1. The molecule has 100 valence electrons. The smallest absolute Gasteiger partial charge is 0.471 e. The zero-order valence-corrected chi connectivity index (χ0v) is 9.10. The van der Waals surface area contributed by atoms with E-state index >= 15 is 0 Å². The summed E-state index contributed by atoms with van der Waals surface area (Å²) < 4.78 is 37.4. The van der Waals surface area contributed by atoms with Crippen LogP contribution in [0.2, 0.25) is 0 Å². The predicted octanol–water partition coefficient (Wildman–Crippen LogP) is 1.53. The lowest BCUT2D eigenvalue weighted by Gasteiger charge is -2.08. The molecule has 2 N–H and O–H groups in total. The van der Waals surface area contributed by atoms with Gasteiger partial charge in [-0.25, -0.2) is 9.31 Å². The van der Waals surface area contributed by atoms with Gasteiger partial charge in [0.15, 0.2) is 0 Å². The average Bonchev–Trinajstić information content (AvgIpc) is 2.70. The Balaban J connectivity index is 2.38. The van der Waals surface area contributed by atoms with E-state index in [9.17, 15) is 22.8 Å². The molecule has 9 heteroatoms. The highest BCUT2D eigenvalue weighted by molar-refractivity contribution is 5.98. The number of rotatable bonds is 2. The lowest BCUT2D eigenvalue weighted by molar-refractivity contribution is -0.167. The minimum Gasteiger partial charge on any atom is -0.478 e. The standard InChI is InChI=1S/C10H6F3N3O3/c11-10(12,13)9(19)15-5-1-2-16-7(3-5)6(4-14-16)8(17)18/h1-4H,(H,15,19)(H,17,18). The molecule has 6 nitrogen and oxygen atoms in total. The summed E-state index contributed by atoms with van der Waals surface area (Å²) in [5.41, 5.74) is -0.270. The Bertz CT molecular complexity index is 663. The number of aromatic carboxylic acids is 1. The highest BCUT2D eigenvalue weighted by Crippen LogP contribution is 2.20. The van der Waals surface area contributed by atoms with Gasteiger partial charge < -0.3 is 10.4 Å². The molecule has 0 aliphatic heterocycles. The van der Waals surface area contributed by atoms with Crippen molar-refractivity contribution in [3.8, 4) is 0 Å². The van der Waals surface area contributed by atoms with E-state index in [1.54, 1.807) is 5.32 Å². The van der Waals surface area contributed by atoms with Crippen molar-refractivity contribution < 1.29 is 27.9 Å². The molecular weight excluding hydrogens is 267 g/mol. The number of fused-ring (bicyclic) bond motifs is 1. The van der Waals surface area contributed by atoms with E-state index < -0.39 is 18.1 Å². The zero-order chi connectivity index (χ0) is 14.2. The molecule has 1 amide bonds. The predicted molar refractivity (Wildman–Crippen MR) is 56.8 cm³/mol. The van der Waals surface area contributed by atoms with E-state index in [2.05, 4.69) is 5.10 Å². The van der Waals surface area contributed by atoms with Gasteiger partial charge in [0.25, 0.3) is 0 Å². The summed E-state index contributed by atoms with van der Waals surface area (Å²) in [6, 6.07) is 2.27. The Morgan fingerprint density at radius 1 is 1.37 bits per heavy atom. The number of nitrogens with zero attached hydrogens (tertiary/aromatic N) is 2. The van der Waals surface area contributed by atoms with E-state index in [1.165, 1.54) is 16.8 Å². The molecule has 0 fully saturated rings. The summed E-state index contributed by atoms with van der Waals surface area (Å²) in [7, 11) is 0. The quantitative estimate of drug-likeness (QED) is 0.869. The number of carbonyl (C=O) groups excluding carboxylic acids is 1. The van der Waals surface area contributed by atoms with Crippen LogP contribution in [0, 0.1) is 0 Å². The van der Waals surface area contributed by atoms with Crippen LogP contribution in [0.3, 0.4) is 0 Å². The van der Waals surface area contributed by atoms with E-state index in [0.29, 0.717) is 0 Å². The van der Waals surface area contributed by atoms with E-state index in [0.717, 1.165) is 12.3 Å². The summed E-state index contributed by atoms with van der Waals surface area (Å²) in [4.78, 5) is 21.6. The summed E-state index contributed by atoms with van der Waals surface area (Å²) in [6.45, 7) is 0. The molecule has 0 bridgehead atoms. The summed E-state index contributed by atoms with van der Waals surface area (Å²) in [5.74, 6) is -3.40. The van der Waals surface area contributed by atoms with Gasteiger partial charge in [0.1, 0.15) is 5.56 Å². The van der Waals surface area contributed by atoms with E-state index in [1.807, 2.05) is 0 Å². The second kappa shape index (κ2) is 4.26. The maximum absolute atomic E-state index is 12.1. The molecule has 2 rings (SSSR count). The number of carboxylic acid groups (broad SMARTS) is 1. The number of aromatic nitrogens is 2. The van der Waals surface area contributed by atoms with Gasteiger partial charge in [0, 0.05) is 11.9 Å². The Kier molecular flexibility index (Phi) is 2.89. The van der Waals surface area contributed by atoms with Crippen molar-refractivity contribution in [2.24, 2.45) is 0 Å². The Hall–Kier alpha value is -2.58. The van der Waals surface area contributed by atoms with Crippen LogP contribution in [0.15, 0.2) is 24.5 Å². The van der Waals surface area contributed by atoms with Crippen LogP contribution < -0.4 is 5.32 Å². The van der Waals surface area contributed by atoms with Crippen molar-refractivity contribution in [1.29, 1.82) is 0 Å². The summed E-state index contributed by atoms with van der Waals surface area (Å²) >= 11 is 0. The minimum absolute atomic E-state index is 0.0764. The van der Waals surface area contributed by atoms with Crippen LogP contribution in [0.5, 0.6) is 0 Å². The fraction of sp³-hybridized carbons (Fsp3) is 0.100. The maximum atomic E-state index is 12.1. The number of pyridine rings is 1. The highest BCUT2D eigenvalue weighted by Gasteiger charge is 2.38. The molecule has 2 aromatic heterocycles. The number of carbonyl (C=O) groups is 2. The number of halogens is 3. The molecule has 0 atom stereocenters. The second-order valence-corrected chi connectivity index (χ2v) is 3.56. The van der Waals surface area contributed by atoms with Crippen LogP contribution in [-0.2, 0) is 4.79 Å². The third kappa shape index (κ3) is 2.49. The molecule has 2 aromatic rings. The van der Waals surface area contributed by atoms with Crippen molar-refractivity contribution in [2.75, 3.05) is 5.32 Å². The lowest BCUT2D eigenvalue weighted by atomic mass is 10.2. The summed E-state index contributed by atoms with van der Waals surface area (Å²) in [5, 5.41) is 14.2. The van der Waals surface area contributed by atoms with Crippen molar-refractivity contribution >= 4 is 23.1 Å². The molecule has 2 heterocycles. The SMILES string of the molecule is O=C(O)c1cnn2ccc(NC(=O)C(F)(F)F)cc12. The molecule has 0 aromatic carbocycles. The topological polar surface area (TPSA) is 83.7 Å². The van der Waals surface area contributed by atoms with E-state index in [4.69, 9.17) is 5.11 Å². The molecule has 0 spiro atoms. The van der Waals surface area contributed by atoms with Gasteiger partial charge in [-0.1, -0.05) is 0 Å². The van der Waals surface area contributed by atoms with Crippen LogP contribution in [0.25, 0.3) is 5.52 Å². The van der Waals surface area contributed by atoms with Gasteiger partial charge in [-0.05, 0) is 12.1 Å². The Morgan fingerprint density at radius 2 is 2.05 bits per heavy atom. The highest BCUT2D eigenvalue weighted by atomic mass is 19.4. The normalized spacial score (nSPS) is 11.5. The molecule has 0 radical (unpaired) electrons. The summed E-state index contributed by atoms with van der Waals surface area (Å²) in [6.07, 6.45) is -2.71. The van der Waals surface area contributed by atoms with Gasteiger partial charge in [0.05, 0.1) is 11.7 Å². The van der Waals surface area contributed by atoms with Gasteiger partial charge >= 0.3 is 18.1 Å². The largest absolute Gasteiger partial charge is 0.478 e. The van der Waals surface area contributed by atoms with Crippen LogP contribution in [0.4, 0.5) is 18.9 Å². The first kappa shape index (κ1) is 12.9. The number of amides is 1. The molecule has 0 aliphatic carbocycles.